The summed E-state index contributed by atoms with van der Waals surface area (Å²) in [6.45, 7) is 23.2. The Bertz CT molecular complexity index is 2860. The minimum atomic E-state index is -0.0731. The molecule has 0 saturated heterocycles. The zero-order valence-corrected chi connectivity index (χ0v) is 32.7. The zero-order valence-electron chi connectivity index (χ0n) is 32.7. The largest absolute Gasteiger partial charge is 0.454 e. The van der Waals surface area contributed by atoms with Crippen molar-refractivity contribution in [3.63, 3.8) is 0 Å². The van der Waals surface area contributed by atoms with Crippen LogP contribution in [0.4, 0.5) is 11.4 Å². The third-order valence-corrected chi connectivity index (χ3v) is 12.0. The van der Waals surface area contributed by atoms with Crippen molar-refractivity contribution < 1.29 is 4.42 Å². The van der Waals surface area contributed by atoms with E-state index >= 15 is 0 Å². The van der Waals surface area contributed by atoms with Gasteiger partial charge in [0.1, 0.15) is 5.58 Å². The molecule has 53 heavy (non-hydrogen) atoms. The Labute approximate surface area is 313 Å². The summed E-state index contributed by atoms with van der Waals surface area (Å²) >= 11 is 0. The van der Waals surface area contributed by atoms with Gasteiger partial charge in [-0.05, 0) is 110 Å². The van der Waals surface area contributed by atoms with Gasteiger partial charge in [0.05, 0.1) is 16.7 Å². The van der Waals surface area contributed by atoms with Gasteiger partial charge in [-0.15, -0.1) is 0 Å². The first-order chi connectivity index (χ1) is 25.1. The lowest BCUT2D eigenvalue weighted by Gasteiger charge is -2.43. The van der Waals surface area contributed by atoms with Gasteiger partial charge in [-0.2, -0.15) is 0 Å². The molecule has 0 bridgehead atoms. The minimum Gasteiger partial charge on any atom is -0.454 e. The highest BCUT2D eigenvalue weighted by molar-refractivity contribution is 6.93. The van der Waals surface area contributed by atoms with E-state index in [9.17, 15) is 0 Å². The molecule has 0 spiro atoms. The molecule has 2 aromatic heterocycles. The van der Waals surface area contributed by atoms with Gasteiger partial charge in [-0.1, -0.05) is 117 Å². The number of aromatic nitrogens is 1. The predicted octanol–water partition coefficient (Wildman–Crippen LogP) is 12.1. The highest BCUT2D eigenvalue weighted by Gasteiger charge is 2.45. The number of aryl methyl sites for hydroxylation is 1. The number of fused-ring (bicyclic) bond motifs is 10. The van der Waals surface area contributed by atoms with Crippen LogP contribution in [0.3, 0.4) is 0 Å². The normalized spacial score (nSPS) is 14.2. The van der Waals surface area contributed by atoms with Crippen molar-refractivity contribution in [2.45, 2.75) is 85.5 Å². The molecule has 4 heterocycles. The Morgan fingerprint density at radius 3 is 1.96 bits per heavy atom. The Kier molecular flexibility index (Phi) is 6.41. The lowest BCUT2D eigenvalue weighted by molar-refractivity contribution is 0.590. The number of nitrogens with zero attached hydrogens (tertiary/aromatic N) is 2. The van der Waals surface area contributed by atoms with Crippen LogP contribution in [0.2, 0.25) is 0 Å². The van der Waals surface area contributed by atoms with Gasteiger partial charge in [0.25, 0.3) is 0 Å². The highest BCUT2D eigenvalue weighted by Crippen LogP contribution is 2.48. The number of anilines is 2. The van der Waals surface area contributed by atoms with Crippen molar-refractivity contribution in [3.8, 4) is 16.8 Å². The summed E-state index contributed by atoms with van der Waals surface area (Å²) in [7, 11) is 0. The van der Waals surface area contributed by atoms with E-state index in [0.29, 0.717) is 0 Å². The SMILES string of the molecule is Cc1cc2c3c(c1)-n1c4ccc(C(C)(C)C)cc4c4cc(C(C)(C)C)cc(c41)B3N(c1cccc3c1oc1ccccc13)c1ccc(C(C)(C)C)cc1-2. The summed E-state index contributed by atoms with van der Waals surface area (Å²) in [5.74, 6) is 0. The summed E-state index contributed by atoms with van der Waals surface area (Å²) in [6, 6.07) is 39.4. The lowest BCUT2D eigenvalue weighted by Crippen LogP contribution is -2.61. The Hall–Kier alpha value is -5.22. The Morgan fingerprint density at radius 2 is 1.21 bits per heavy atom. The van der Waals surface area contributed by atoms with Gasteiger partial charge in [0.2, 0.25) is 0 Å². The summed E-state index contributed by atoms with van der Waals surface area (Å²) < 4.78 is 9.44. The van der Waals surface area contributed by atoms with E-state index < -0.39 is 0 Å². The first-order valence-electron chi connectivity index (χ1n) is 19.2. The van der Waals surface area contributed by atoms with Crippen LogP contribution < -0.4 is 15.7 Å². The molecule has 2 aliphatic rings. The van der Waals surface area contributed by atoms with Crippen molar-refractivity contribution in [1.82, 2.24) is 4.57 Å². The summed E-state index contributed by atoms with van der Waals surface area (Å²) in [5, 5.41) is 4.95. The molecule has 3 nitrogen and oxygen atoms in total. The number of para-hydroxylation sites is 2. The second-order valence-corrected chi connectivity index (χ2v) is 18.8. The molecule has 0 atom stereocenters. The van der Waals surface area contributed by atoms with E-state index in [0.717, 1.165) is 27.6 Å². The van der Waals surface area contributed by atoms with Crippen molar-refractivity contribution in [2.75, 3.05) is 4.81 Å². The maximum Gasteiger partial charge on any atom is 0.333 e. The summed E-state index contributed by atoms with van der Waals surface area (Å²) in [6.07, 6.45) is 0. The van der Waals surface area contributed by atoms with Gasteiger partial charge < -0.3 is 13.8 Å². The molecule has 10 rings (SSSR count). The van der Waals surface area contributed by atoms with Gasteiger partial charge in [0.15, 0.2) is 5.58 Å². The molecule has 0 radical (unpaired) electrons. The monoisotopic (exact) mass is 690 g/mol. The number of furan rings is 1. The fraction of sp³-hybridized carbons (Fsp3) is 0.265. The second-order valence-electron chi connectivity index (χ2n) is 18.8. The van der Waals surface area contributed by atoms with Crippen LogP contribution >= 0.6 is 0 Å². The molecule has 0 aliphatic carbocycles. The van der Waals surface area contributed by atoms with Crippen molar-refractivity contribution in [2.24, 2.45) is 0 Å². The van der Waals surface area contributed by atoms with Crippen LogP contribution in [0.1, 0.15) is 84.6 Å². The molecule has 262 valence electrons. The third-order valence-electron chi connectivity index (χ3n) is 12.0. The molecule has 2 aliphatic heterocycles. The second kappa shape index (κ2) is 10.5. The topological polar surface area (TPSA) is 21.3 Å². The fourth-order valence-electron chi connectivity index (χ4n) is 9.19. The average molecular weight is 691 g/mol. The van der Waals surface area contributed by atoms with Crippen molar-refractivity contribution in [1.29, 1.82) is 0 Å². The molecule has 8 aromatic rings. The molecular formula is C49H47BN2O. The average Bonchev–Trinajstić information content (AvgIpc) is 3.65. The minimum absolute atomic E-state index is 0.00110. The predicted molar refractivity (Wildman–Crippen MR) is 228 cm³/mol. The summed E-state index contributed by atoms with van der Waals surface area (Å²) in [4.78, 5) is 2.62. The summed E-state index contributed by atoms with van der Waals surface area (Å²) in [5.41, 5.74) is 18.6. The van der Waals surface area contributed by atoms with Gasteiger partial charge in [0, 0.05) is 38.5 Å². The van der Waals surface area contributed by atoms with Crippen LogP contribution in [0.15, 0.2) is 108 Å². The Balaban J connectivity index is 1.40. The molecule has 0 unspecified atom stereocenters. The van der Waals surface area contributed by atoms with Gasteiger partial charge in [-0.25, -0.2) is 0 Å². The maximum atomic E-state index is 6.84. The first kappa shape index (κ1) is 32.4. The van der Waals surface area contributed by atoms with Crippen LogP contribution in [0, 0.1) is 6.92 Å². The number of hydrogen-bond acceptors (Lipinski definition) is 2. The smallest absolute Gasteiger partial charge is 0.333 e. The van der Waals surface area contributed by atoms with E-state index in [1.165, 1.54) is 77.5 Å². The Morgan fingerprint density at radius 1 is 0.528 bits per heavy atom. The van der Waals surface area contributed by atoms with Crippen LogP contribution in [-0.4, -0.2) is 11.4 Å². The number of benzene rings is 6. The molecule has 0 N–H and O–H groups in total. The number of hydrogen-bond donors (Lipinski definition) is 0. The standard InChI is InChI=1S/C49H47BN2O/c1-28-22-36-34-24-30(48(5,6)7)19-21-40(34)52(41-16-13-15-33-32-14-11-12-17-43(32)53-46(33)41)50-38-27-31(49(8,9)10)26-37-35-25-29(47(2,3)4)18-20-39(35)51(45(37)38)42(23-28)44(36)50/h11-27H,1-10H3. The van der Waals surface area contributed by atoms with Crippen LogP contribution in [0.5, 0.6) is 0 Å². The quantitative estimate of drug-likeness (QED) is 0.160. The van der Waals surface area contributed by atoms with E-state index in [1.54, 1.807) is 0 Å². The van der Waals surface area contributed by atoms with Crippen LogP contribution in [-0.2, 0) is 16.2 Å². The van der Waals surface area contributed by atoms with E-state index in [2.05, 4.69) is 182 Å². The molecule has 0 saturated carbocycles. The molecular weight excluding hydrogens is 643 g/mol. The zero-order chi connectivity index (χ0) is 36.9. The number of rotatable bonds is 1. The van der Waals surface area contributed by atoms with Crippen molar-refractivity contribution >= 4 is 72.9 Å². The highest BCUT2D eigenvalue weighted by atomic mass is 16.3. The van der Waals surface area contributed by atoms with E-state index in [4.69, 9.17) is 4.42 Å². The lowest BCUT2D eigenvalue weighted by atomic mass is 9.43. The van der Waals surface area contributed by atoms with E-state index in [-0.39, 0.29) is 23.1 Å². The molecule has 4 heteroatoms. The van der Waals surface area contributed by atoms with Crippen molar-refractivity contribution in [3.05, 3.63) is 125 Å². The fourth-order valence-corrected chi connectivity index (χ4v) is 9.19. The molecule has 0 fully saturated rings. The first-order valence-corrected chi connectivity index (χ1v) is 19.2. The third kappa shape index (κ3) is 4.54. The molecule has 0 amide bonds. The van der Waals surface area contributed by atoms with Crippen LogP contribution in [0.25, 0.3) is 60.6 Å². The maximum absolute atomic E-state index is 6.84. The molecule has 6 aromatic carbocycles. The van der Waals surface area contributed by atoms with Gasteiger partial charge in [-0.3, -0.25) is 0 Å². The van der Waals surface area contributed by atoms with E-state index in [1.807, 2.05) is 0 Å². The van der Waals surface area contributed by atoms with Gasteiger partial charge >= 0.3 is 6.85 Å².